The highest BCUT2D eigenvalue weighted by Crippen LogP contribution is 2.43. The molecule has 3 rings (SSSR count). The second-order valence-corrected chi connectivity index (χ2v) is 5.10. The van der Waals surface area contributed by atoms with Crippen LogP contribution < -0.4 is 0 Å². The number of allylic oxidation sites excluding steroid dienone is 2. The van der Waals surface area contributed by atoms with Crippen LogP contribution in [0, 0.1) is 28.6 Å². The monoisotopic (exact) mass is 225 g/mol. The summed E-state index contributed by atoms with van der Waals surface area (Å²) in [6, 6.07) is 4.69. The highest BCUT2D eigenvalue weighted by Gasteiger charge is 2.41. The number of hydrogen-bond acceptors (Lipinski definition) is 3. The maximum atomic E-state index is 9.34. The van der Waals surface area contributed by atoms with Crippen LogP contribution in [-0.2, 0) is 0 Å². The Morgan fingerprint density at radius 2 is 2.00 bits per heavy atom. The molecule has 0 aromatic rings. The normalized spacial score (nSPS) is 32.2. The van der Waals surface area contributed by atoms with Crippen LogP contribution in [0.25, 0.3) is 0 Å². The fraction of sp³-hybridized carbons (Fsp3) is 0.571. The summed E-state index contributed by atoms with van der Waals surface area (Å²) < 4.78 is 0. The van der Waals surface area contributed by atoms with Gasteiger partial charge in [0.15, 0.2) is 0 Å². The van der Waals surface area contributed by atoms with Gasteiger partial charge in [0.25, 0.3) is 0 Å². The first-order chi connectivity index (χ1) is 8.35. The Labute approximate surface area is 102 Å². The molecule has 0 spiro atoms. The predicted molar refractivity (Wildman–Crippen MR) is 63.7 cm³/mol. The number of likely N-dealkylation sites (tertiary alicyclic amines) is 1. The summed E-state index contributed by atoms with van der Waals surface area (Å²) in [5.41, 5.74) is 2.72. The number of rotatable bonds is 1. The van der Waals surface area contributed by atoms with Crippen LogP contribution in [0.15, 0.2) is 22.8 Å². The molecule has 0 aromatic carbocycles. The molecule has 1 heterocycles. The molecule has 1 unspecified atom stereocenters. The molecule has 0 N–H and O–H groups in total. The van der Waals surface area contributed by atoms with Gasteiger partial charge in [0.1, 0.15) is 6.07 Å². The first-order valence-corrected chi connectivity index (χ1v) is 6.34. The Morgan fingerprint density at radius 3 is 2.59 bits per heavy atom. The zero-order valence-electron chi connectivity index (χ0n) is 9.82. The average molecular weight is 225 g/mol. The molecular formula is C14H15N3. The molecule has 0 radical (unpaired) electrons. The van der Waals surface area contributed by atoms with E-state index in [1.54, 1.807) is 0 Å². The van der Waals surface area contributed by atoms with Crippen molar-refractivity contribution in [2.24, 2.45) is 5.92 Å². The van der Waals surface area contributed by atoms with Crippen LogP contribution in [0.4, 0.5) is 0 Å². The van der Waals surface area contributed by atoms with E-state index in [0.29, 0.717) is 17.1 Å². The van der Waals surface area contributed by atoms with Gasteiger partial charge in [-0.25, -0.2) is 0 Å². The SMILES string of the molecule is N#CC1=C(C#N)[C@H](N2CCC2)C2CCCC2=C1. The van der Waals surface area contributed by atoms with Gasteiger partial charge in [0.05, 0.1) is 23.3 Å². The van der Waals surface area contributed by atoms with Gasteiger partial charge >= 0.3 is 0 Å². The minimum Gasteiger partial charge on any atom is -0.295 e. The minimum absolute atomic E-state index is 0.200. The second kappa shape index (κ2) is 4.02. The van der Waals surface area contributed by atoms with E-state index in [4.69, 9.17) is 0 Å². The standard InChI is InChI=1S/C14H15N3/c15-8-11-7-10-3-1-4-12(10)14(13(11)9-16)17-5-2-6-17/h7,12,14H,1-6H2/t12?,14-/m1/s1. The molecule has 0 bridgehead atoms. The van der Waals surface area contributed by atoms with Gasteiger partial charge in [-0.1, -0.05) is 5.57 Å². The number of nitrogens with zero attached hydrogens (tertiary/aromatic N) is 3. The van der Waals surface area contributed by atoms with Crippen molar-refractivity contribution >= 4 is 0 Å². The number of hydrogen-bond donors (Lipinski definition) is 0. The lowest BCUT2D eigenvalue weighted by Crippen LogP contribution is -2.50. The zero-order chi connectivity index (χ0) is 11.8. The van der Waals surface area contributed by atoms with Crippen LogP contribution in [0.5, 0.6) is 0 Å². The van der Waals surface area contributed by atoms with E-state index in [1.165, 1.54) is 24.8 Å². The molecule has 2 aliphatic carbocycles. The molecule has 1 saturated carbocycles. The molecule has 17 heavy (non-hydrogen) atoms. The lowest BCUT2D eigenvalue weighted by molar-refractivity contribution is 0.111. The van der Waals surface area contributed by atoms with E-state index < -0.39 is 0 Å². The van der Waals surface area contributed by atoms with Gasteiger partial charge in [-0.3, -0.25) is 4.90 Å². The van der Waals surface area contributed by atoms with Crippen molar-refractivity contribution in [1.29, 1.82) is 10.5 Å². The van der Waals surface area contributed by atoms with Gasteiger partial charge < -0.3 is 0 Å². The Morgan fingerprint density at radius 1 is 1.18 bits per heavy atom. The third-order valence-corrected chi connectivity index (χ3v) is 4.28. The quantitative estimate of drug-likeness (QED) is 0.687. The van der Waals surface area contributed by atoms with Crippen molar-refractivity contribution in [2.75, 3.05) is 13.1 Å². The first kappa shape index (κ1) is 10.6. The third-order valence-electron chi connectivity index (χ3n) is 4.28. The largest absolute Gasteiger partial charge is 0.295 e. The molecule has 1 saturated heterocycles. The minimum atomic E-state index is 0.200. The van der Waals surface area contributed by atoms with Crippen LogP contribution in [0.3, 0.4) is 0 Å². The Kier molecular flexibility index (Phi) is 2.50. The topological polar surface area (TPSA) is 50.8 Å². The van der Waals surface area contributed by atoms with Crippen LogP contribution in [-0.4, -0.2) is 24.0 Å². The summed E-state index contributed by atoms with van der Waals surface area (Å²) in [7, 11) is 0. The predicted octanol–water partition coefficient (Wildman–Crippen LogP) is 2.14. The molecule has 3 heteroatoms. The lowest BCUT2D eigenvalue weighted by Gasteiger charge is -2.43. The fourth-order valence-electron chi connectivity index (χ4n) is 3.34. The van der Waals surface area contributed by atoms with Crippen molar-refractivity contribution in [3.63, 3.8) is 0 Å². The summed E-state index contributed by atoms with van der Waals surface area (Å²) in [5, 5.41) is 18.5. The molecule has 1 aliphatic heterocycles. The number of nitriles is 2. The van der Waals surface area contributed by atoms with E-state index in [-0.39, 0.29) is 6.04 Å². The van der Waals surface area contributed by atoms with E-state index in [9.17, 15) is 10.5 Å². The van der Waals surface area contributed by atoms with Crippen LogP contribution in [0.2, 0.25) is 0 Å². The second-order valence-electron chi connectivity index (χ2n) is 5.10. The van der Waals surface area contributed by atoms with Crippen LogP contribution in [0.1, 0.15) is 25.7 Å². The maximum Gasteiger partial charge on any atom is 0.100 e. The summed E-state index contributed by atoms with van der Waals surface area (Å²) in [6.45, 7) is 2.16. The average Bonchev–Trinajstić information content (AvgIpc) is 2.73. The molecule has 2 atom stereocenters. The molecule has 3 aliphatic rings. The van der Waals surface area contributed by atoms with Crippen molar-refractivity contribution < 1.29 is 0 Å². The molecule has 0 amide bonds. The Hall–Kier alpha value is -1.58. The van der Waals surface area contributed by atoms with E-state index >= 15 is 0 Å². The van der Waals surface area contributed by atoms with Gasteiger partial charge in [0, 0.05) is 19.0 Å². The molecule has 3 nitrogen and oxygen atoms in total. The van der Waals surface area contributed by atoms with E-state index in [2.05, 4.69) is 17.0 Å². The lowest BCUT2D eigenvalue weighted by atomic mass is 9.79. The van der Waals surface area contributed by atoms with Crippen molar-refractivity contribution in [1.82, 2.24) is 4.90 Å². The summed E-state index contributed by atoms with van der Waals surface area (Å²) in [6.07, 6.45) is 6.70. The molecule has 86 valence electrons. The van der Waals surface area contributed by atoms with Gasteiger partial charge in [-0.2, -0.15) is 10.5 Å². The van der Waals surface area contributed by atoms with Crippen molar-refractivity contribution in [3.05, 3.63) is 22.8 Å². The molecule has 0 aromatic heterocycles. The molecular weight excluding hydrogens is 210 g/mol. The summed E-state index contributed by atoms with van der Waals surface area (Å²) >= 11 is 0. The Balaban J connectivity index is 2.04. The van der Waals surface area contributed by atoms with Crippen molar-refractivity contribution in [3.8, 4) is 12.1 Å². The van der Waals surface area contributed by atoms with Gasteiger partial charge in [0.2, 0.25) is 0 Å². The Bertz CT molecular complexity index is 483. The first-order valence-electron chi connectivity index (χ1n) is 6.34. The smallest absolute Gasteiger partial charge is 0.100 e. The highest BCUT2D eigenvalue weighted by molar-refractivity contribution is 5.53. The summed E-state index contributed by atoms with van der Waals surface area (Å²) in [4.78, 5) is 2.37. The van der Waals surface area contributed by atoms with Gasteiger partial charge in [-0.15, -0.1) is 0 Å². The van der Waals surface area contributed by atoms with Gasteiger partial charge in [-0.05, 0) is 31.8 Å². The van der Waals surface area contributed by atoms with Crippen LogP contribution >= 0.6 is 0 Å². The number of fused-ring (bicyclic) bond motifs is 1. The zero-order valence-corrected chi connectivity index (χ0v) is 9.82. The highest BCUT2D eigenvalue weighted by atomic mass is 15.2. The summed E-state index contributed by atoms with van der Waals surface area (Å²) in [5.74, 6) is 0.502. The van der Waals surface area contributed by atoms with Crippen molar-refractivity contribution in [2.45, 2.75) is 31.7 Å². The fourth-order valence-corrected chi connectivity index (χ4v) is 3.34. The third kappa shape index (κ3) is 1.51. The van der Waals surface area contributed by atoms with E-state index in [1.807, 2.05) is 6.08 Å². The maximum absolute atomic E-state index is 9.34. The van der Waals surface area contributed by atoms with E-state index in [0.717, 1.165) is 19.5 Å². The molecule has 2 fully saturated rings.